The van der Waals surface area contributed by atoms with Crippen LogP contribution in [0.3, 0.4) is 0 Å². The Morgan fingerprint density at radius 1 is 1.60 bits per heavy atom. The molecule has 1 aliphatic rings. The molecule has 0 aromatic carbocycles. The molecule has 0 aliphatic carbocycles. The third-order valence-corrected chi connectivity index (χ3v) is 2.86. The number of hydrogen-bond donors (Lipinski definition) is 1. The maximum atomic E-state index is 11.1. The molecular formula is C10H16N4O. The van der Waals surface area contributed by atoms with E-state index in [0.717, 1.165) is 19.5 Å². The van der Waals surface area contributed by atoms with Crippen molar-refractivity contribution >= 4 is 5.69 Å². The number of anilines is 1. The molecule has 0 amide bonds. The molecule has 1 unspecified atom stereocenters. The van der Waals surface area contributed by atoms with E-state index in [-0.39, 0.29) is 11.2 Å². The molecule has 1 atom stereocenters. The zero-order valence-electron chi connectivity index (χ0n) is 8.89. The lowest BCUT2D eigenvalue weighted by Gasteiger charge is -2.31. The van der Waals surface area contributed by atoms with E-state index in [1.165, 1.54) is 6.42 Å². The molecule has 2 heterocycles. The Balaban J connectivity index is 2.21. The van der Waals surface area contributed by atoms with E-state index in [1.807, 2.05) is 4.57 Å². The lowest BCUT2D eigenvalue weighted by Crippen LogP contribution is -2.34. The molecular weight excluding hydrogens is 192 g/mol. The molecule has 82 valence electrons. The van der Waals surface area contributed by atoms with Gasteiger partial charge in [0.05, 0.1) is 6.33 Å². The van der Waals surface area contributed by atoms with Gasteiger partial charge in [-0.25, -0.2) is 0 Å². The van der Waals surface area contributed by atoms with Crippen molar-refractivity contribution in [2.24, 2.45) is 0 Å². The standard InChI is InChI=1S/C10H16N4O/c1-13-4-2-3-8(5-13)14-6-9(11)10(15)12-7-14/h6-8H,2-5,11H2,1H3. The van der Waals surface area contributed by atoms with Gasteiger partial charge in [0, 0.05) is 18.8 Å². The SMILES string of the molecule is CN1CCCC(n2cnc(=O)c(N)c2)C1. The molecule has 0 radical (unpaired) electrons. The summed E-state index contributed by atoms with van der Waals surface area (Å²) in [6.45, 7) is 2.13. The smallest absolute Gasteiger partial charge is 0.295 e. The fraction of sp³-hybridized carbons (Fsp3) is 0.600. The Morgan fingerprint density at radius 2 is 2.40 bits per heavy atom. The second kappa shape index (κ2) is 4.02. The zero-order valence-corrected chi connectivity index (χ0v) is 8.89. The quantitative estimate of drug-likeness (QED) is 0.710. The molecule has 2 rings (SSSR count). The first-order valence-corrected chi connectivity index (χ1v) is 5.18. The summed E-state index contributed by atoms with van der Waals surface area (Å²) in [7, 11) is 2.10. The number of hydrogen-bond acceptors (Lipinski definition) is 4. The fourth-order valence-corrected chi connectivity index (χ4v) is 2.03. The van der Waals surface area contributed by atoms with Crippen LogP contribution in [0.1, 0.15) is 18.9 Å². The summed E-state index contributed by atoms with van der Waals surface area (Å²) in [5.74, 6) is 0. The molecule has 2 N–H and O–H groups in total. The third-order valence-electron chi connectivity index (χ3n) is 2.86. The van der Waals surface area contributed by atoms with Crippen molar-refractivity contribution in [3.8, 4) is 0 Å². The predicted octanol–water partition coefficient (Wildman–Crippen LogP) is 0.0922. The number of likely N-dealkylation sites (N-methyl/N-ethyl adjacent to an activating group) is 1. The number of rotatable bonds is 1. The van der Waals surface area contributed by atoms with Gasteiger partial charge < -0.3 is 15.2 Å². The summed E-state index contributed by atoms with van der Waals surface area (Å²) in [4.78, 5) is 17.1. The molecule has 1 saturated heterocycles. The molecule has 5 nitrogen and oxygen atoms in total. The first kappa shape index (κ1) is 10.2. The number of nitrogens with two attached hydrogens (primary N) is 1. The molecule has 1 fully saturated rings. The Hall–Kier alpha value is -1.36. The molecule has 0 saturated carbocycles. The van der Waals surface area contributed by atoms with Crippen molar-refractivity contribution < 1.29 is 0 Å². The molecule has 5 heteroatoms. The second-order valence-electron chi connectivity index (χ2n) is 4.14. The zero-order chi connectivity index (χ0) is 10.8. The minimum atomic E-state index is -0.338. The van der Waals surface area contributed by atoms with Crippen LogP contribution >= 0.6 is 0 Å². The highest BCUT2D eigenvalue weighted by atomic mass is 16.1. The van der Waals surface area contributed by atoms with Gasteiger partial charge in [-0.2, -0.15) is 4.98 Å². The average molecular weight is 208 g/mol. The van der Waals surface area contributed by atoms with E-state index in [1.54, 1.807) is 12.5 Å². The predicted molar refractivity (Wildman–Crippen MR) is 58.7 cm³/mol. The monoisotopic (exact) mass is 208 g/mol. The van der Waals surface area contributed by atoms with Gasteiger partial charge in [0.25, 0.3) is 5.56 Å². The summed E-state index contributed by atoms with van der Waals surface area (Å²) < 4.78 is 1.95. The van der Waals surface area contributed by atoms with Gasteiger partial charge in [0.2, 0.25) is 0 Å². The van der Waals surface area contributed by atoms with E-state index in [9.17, 15) is 4.79 Å². The highest BCUT2D eigenvalue weighted by molar-refractivity contribution is 5.30. The highest BCUT2D eigenvalue weighted by Gasteiger charge is 2.18. The first-order valence-electron chi connectivity index (χ1n) is 5.18. The summed E-state index contributed by atoms with van der Waals surface area (Å²) in [5.41, 5.74) is 5.44. The van der Waals surface area contributed by atoms with Gasteiger partial charge >= 0.3 is 0 Å². The Morgan fingerprint density at radius 3 is 3.07 bits per heavy atom. The summed E-state index contributed by atoms with van der Waals surface area (Å²) in [5, 5.41) is 0. The molecule has 1 aromatic rings. The Bertz CT molecular complexity index is 401. The van der Waals surface area contributed by atoms with Gasteiger partial charge in [-0.15, -0.1) is 0 Å². The fourth-order valence-electron chi connectivity index (χ4n) is 2.03. The average Bonchev–Trinajstić information content (AvgIpc) is 2.22. The van der Waals surface area contributed by atoms with Crippen LogP contribution in [0.15, 0.2) is 17.3 Å². The lowest BCUT2D eigenvalue weighted by molar-refractivity contribution is 0.211. The van der Waals surface area contributed by atoms with Crippen LogP contribution in [-0.2, 0) is 0 Å². The van der Waals surface area contributed by atoms with Crippen molar-refractivity contribution in [1.29, 1.82) is 0 Å². The van der Waals surface area contributed by atoms with Crippen molar-refractivity contribution in [3.05, 3.63) is 22.9 Å². The van der Waals surface area contributed by atoms with Crippen molar-refractivity contribution in [3.63, 3.8) is 0 Å². The van der Waals surface area contributed by atoms with Gasteiger partial charge in [-0.3, -0.25) is 4.79 Å². The number of nitrogens with zero attached hydrogens (tertiary/aromatic N) is 3. The minimum Gasteiger partial charge on any atom is -0.393 e. The topological polar surface area (TPSA) is 64.2 Å². The highest BCUT2D eigenvalue weighted by Crippen LogP contribution is 2.19. The van der Waals surface area contributed by atoms with Crippen LogP contribution in [0, 0.1) is 0 Å². The largest absolute Gasteiger partial charge is 0.393 e. The van der Waals surface area contributed by atoms with E-state index in [4.69, 9.17) is 5.73 Å². The van der Waals surface area contributed by atoms with Crippen molar-refractivity contribution in [2.75, 3.05) is 25.9 Å². The van der Waals surface area contributed by atoms with Crippen molar-refractivity contribution in [1.82, 2.24) is 14.5 Å². The van der Waals surface area contributed by atoms with Crippen molar-refractivity contribution in [2.45, 2.75) is 18.9 Å². The maximum Gasteiger partial charge on any atom is 0.295 e. The summed E-state index contributed by atoms with van der Waals surface area (Å²) in [6.07, 6.45) is 5.57. The summed E-state index contributed by atoms with van der Waals surface area (Å²) >= 11 is 0. The van der Waals surface area contributed by atoms with Crippen LogP contribution in [0.2, 0.25) is 0 Å². The molecule has 0 bridgehead atoms. The first-order chi connectivity index (χ1) is 7.16. The van der Waals surface area contributed by atoms with Crippen LogP contribution in [0.4, 0.5) is 5.69 Å². The second-order valence-corrected chi connectivity index (χ2v) is 4.14. The van der Waals surface area contributed by atoms with E-state index in [0.29, 0.717) is 6.04 Å². The van der Waals surface area contributed by atoms with E-state index < -0.39 is 0 Å². The number of likely N-dealkylation sites (tertiary alicyclic amines) is 1. The third kappa shape index (κ3) is 2.18. The number of nitrogen functional groups attached to an aromatic ring is 1. The number of piperidine rings is 1. The molecule has 15 heavy (non-hydrogen) atoms. The normalized spacial score (nSPS) is 22.9. The minimum absolute atomic E-state index is 0.228. The van der Waals surface area contributed by atoms with E-state index >= 15 is 0 Å². The molecule has 0 spiro atoms. The van der Waals surface area contributed by atoms with E-state index in [2.05, 4.69) is 16.9 Å². The maximum absolute atomic E-state index is 11.1. The Labute approximate surface area is 88.5 Å². The van der Waals surface area contributed by atoms with Crippen LogP contribution in [-0.4, -0.2) is 34.6 Å². The Kier molecular flexibility index (Phi) is 2.73. The molecule has 1 aromatic heterocycles. The van der Waals surface area contributed by atoms with Gasteiger partial charge in [0.1, 0.15) is 5.69 Å². The number of aromatic nitrogens is 2. The van der Waals surface area contributed by atoms with Gasteiger partial charge in [-0.05, 0) is 26.4 Å². The summed E-state index contributed by atoms with van der Waals surface area (Å²) in [6, 6.07) is 0.388. The van der Waals surface area contributed by atoms with Crippen LogP contribution in [0.25, 0.3) is 0 Å². The van der Waals surface area contributed by atoms with Gasteiger partial charge in [0.15, 0.2) is 0 Å². The van der Waals surface area contributed by atoms with Crippen LogP contribution in [0.5, 0.6) is 0 Å². The van der Waals surface area contributed by atoms with Crippen LogP contribution < -0.4 is 11.3 Å². The molecule has 1 aliphatic heterocycles. The van der Waals surface area contributed by atoms with Gasteiger partial charge in [-0.1, -0.05) is 0 Å². The lowest BCUT2D eigenvalue weighted by atomic mass is 10.1.